The van der Waals surface area contributed by atoms with Crippen molar-refractivity contribution in [2.24, 2.45) is 0 Å². The van der Waals surface area contributed by atoms with Crippen LogP contribution in [0.5, 0.6) is 0 Å². The maximum Gasteiger partial charge on any atom is 0.257 e. The average molecular weight is 241 g/mol. The molecule has 1 unspecified atom stereocenters. The molecule has 0 saturated carbocycles. The molecule has 0 radical (unpaired) electrons. The van der Waals surface area contributed by atoms with Gasteiger partial charge in [0.25, 0.3) is 11.8 Å². The average Bonchev–Trinajstić information content (AvgIpc) is 2.54. The van der Waals surface area contributed by atoms with E-state index in [2.05, 4.69) is 0 Å². The summed E-state index contributed by atoms with van der Waals surface area (Å²) >= 11 is 0. The van der Waals surface area contributed by atoms with Crippen LogP contribution in [-0.4, -0.2) is 24.6 Å². The monoisotopic (exact) mass is 241 g/mol. The molecule has 0 aromatic heterocycles. The van der Waals surface area contributed by atoms with Gasteiger partial charge in [0.1, 0.15) is 7.85 Å². The highest BCUT2D eigenvalue weighted by molar-refractivity contribution is 6.32. The summed E-state index contributed by atoms with van der Waals surface area (Å²) in [6.45, 7) is 5.29. The molecule has 4 heteroatoms. The zero-order chi connectivity index (χ0) is 13.4. The van der Waals surface area contributed by atoms with E-state index in [1.54, 1.807) is 13.8 Å². The van der Waals surface area contributed by atoms with Gasteiger partial charge in [-0.2, -0.15) is 0 Å². The molecular weight excluding hydrogens is 225 g/mol. The van der Waals surface area contributed by atoms with Gasteiger partial charge >= 0.3 is 0 Å². The fourth-order valence-corrected chi connectivity index (χ4v) is 2.12. The lowest BCUT2D eigenvalue weighted by Gasteiger charge is -2.23. The molecule has 0 saturated heterocycles. The fraction of sp³-hybridized carbons (Fsp3) is 0.286. The Balaban J connectivity index is 2.31. The van der Waals surface area contributed by atoms with Crippen LogP contribution in [0.2, 0.25) is 0 Å². The first kappa shape index (κ1) is 12.6. The van der Waals surface area contributed by atoms with E-state index < -0.39 is 0 Å². The molecule has 1 aromatic carbocycles. The molecule has 2 amide bonds. The molecule has 18 heavy (non-hydrogen) atoms. The van der Waals surface area contributed by atoms with Crippen molar-refractivity contribution in [1.29, 1.82) is 0 Å². The molecular formula is C14H16BNO2. The Kier molecular flexibility index (Phi) is 3.12. The highest BCUT2D eigenvalue weighted by atomic mass is 16.2. The second-order valence-corrected chi connectivity index (χ2v) is 4.82. The quantitative estimate of drug-likeness (QED) is 0.565. The van der Waals surface area contributed by atoms with Crippen LogP contribution in [0, 0.1) is 0 Å². The summed E-state index contributed by atoms with van der Waals surface area (Å²) in [5.74, 6) is -0.351. The van der Waals surface area contributed by atoms with Gasteiger partial charge in [0.2, 0.25) is 0 Å². The van der Waals surface area contributed by atoms with Gasteiger partial charge in [0.15, 0.2) is 0 Å². The zero-order valence-electron chi connectivity index (χ0n) is 11.2. The maximum absolute atomic E-state index is 12.1. The number of carbonyl (C=O) groups is 2. The molecule has 0 bridgehead atoms. The van der Waals surface area contributed by atoms with Gasteiger partial charge < -0.3 is 0 Å². The number of carbonyl (C=O) groups excluding carboxylic acids is 2. The third kappa shape index (κ3) is 1.88. The molecule has 0 aliphatic carbocycles. The summed E-state index contributed by atoms with van der Waals surface area (Å²) in [5.41, 5.74) is 3.25. The number of hydrogen-bond acceptors (Lipinski definition) is 2. The van der Waals surface area contributed by atoms with E-state index in [0.29, 0.717) is 11.1 Å². The maximum atomic E-state index is 12.1. The molecule has 0 spiro atoms. The summed E-state index contributed by atoms with van der Waals surface area (Å²) in [7, 11) is 2.01. The number of benzene rings is 1. The summed E-state index contributed by atoms with van der Waals surface area (Å²) in [6, 6.07) is 7.68. The minimum atomic E-state index is -0.224. The third-order valence-electron chi connectivity index (χ3n) is 3.59. The summed E-state index contributed by atoms with van der Waals surface area (Å²) in [5, 5.41) is 0. The molecule has 3 nitrogen and oxygen atoms in total. The van der Waals surface area contributed by atoms with Crippen LogP contribution in [0.4, 0.5) is 0 Å². The smallest absolute Gasteiger partial charge is 0.257 e. The molecule has 1 aliphatic heterocycles. The van der Waals surface area contributed by atoms with Crippen molar-refractivity contribution in [3.8, 4) is 0 Å². The van der Waals surface area contributed by atoms with Gasteiger partial charge in [-0.05, 0) is 26.3 Å². The summed E-state index contributed by atoms with van der Waals surface area (Å²) in [4.78, 5) is 25.5. The Morgan fingerprint density at radius 1 is 1.00 bits per heavy atom. The first-order valence-corrected chi connectivity index (χ1v) is 6.05. The minimum absolute atomic E-state index is 0.175. The number of nitrogens with zero attached hydrogens (tertiary/aromatic N) is 1. The van der Waals surface area contributed by atoms with Gasteiger partial charge in [-0.25, -0.2) is 0 Å². The van der Waals surface area contributed by atoms with Gasteiger partial charge in [-0.15, -0.1) is 0 Å². The second-order valence-electron chi connectivity index (χ2n) is 4.82. The van der Waals surface area contributed by atoms with Gasteiger partial charge in [-0.1, -0.05) is 29.7 Å². The predicted octanol–water partition coefficient (Wildman–Crippen LogP) is 0.711. The van der Waals surface area contributed by atoms with Crippen LogP contribution in [0.25, 0.3) is 0 Å². The Morgan fingerprint density at radius 2 is 1.44 bits per heavy atom. The minimum Gasteiger partial charge on any atom is -0.269 e. The van der Waals surface area contributed by atoms with E-state index in [0.717, 1.165) is 11.0 Å². The fourth-order valence-electron chi connectivity index (χ4n) is 2.12. The first-order valence-electron chi connectivity index (χ1n) is 6.05. The number of imide groups is 1. The van der Waals surface area contributed by atoms with Gasteiger partial charge in [-0.3, -0.25) is 14.5 Å². The first-order chi connectivity index (χ1) is 8.43. The summed E-state index contributed by atoms with van der Waals surface area (Å²) < 4.78 is 0. The van der Waals surface area contributed by atoms with Crippen molar-refractivity contribution >= 4 is 25.1 Å². The zero-order valence-corrected chi connectivity index (χ0v) is 11.2. The van der Waals surface area contributed by atoms with Crippen LogP contribution in [-0.2, 0) is 9.59 Å². The Bertz CT molecular complexity index is 521. The lowest BCUT2D eigenvalue weighted by Crippen LogP contribution is -2.34. The van der Waals surface area contributed by atoms with Crippen LogP contribution in [0.3, 0.4) is 0 Å². The molecule has 1 atom stereocenters. The number of amides is 2. The largest absolute Gasteiger partial charge is 0.269 e. The van der Waals surface area contributed by atoms with Crippen molar-refractivity contribution in [1.82, 2.24) is 4.90 Å². The van der Waals surface area contributed by atoms with E-state index in [1.807, 2.05) is 39.0 Å². The van der Waals surface area contributed by atoms with Crippen LogP contribution in [0.1, 0.15) is 32.4 Å². The van der Waals surface area contributed by atoms with E-state index in [1.165, 1.54) is 4.90 Å². The van der Waals surface area contributed by atoms with Crippen molar-refractivity contribution in [2.45, 2.75) is 26.8 Å². The number of hydrogen-bond donors (Lipinski definition) is 0. The molecule has 1 aliphatic rings. The molecule has 92 valence electrons. The van der Waals surface area contributed by atoms with Crippen molar-refractivity contribution in [3.63, 3.8) is 0 Å². The highest BCUT2D eigenvalue weighted by Crippen LogP contribution is 2.29. The molecule has 2 rings (SSSR count). The SMILES string of the molecule is Bc1ccc(C(C)N2C(=O)C(C)=C(C)C2=O)cc1. The molecule has 0 fully saturated rings. The van der Waals surface area contributed by atoms with E-state index in [9.17, 15) is 9.59 Å². The Hall–Kier alpha value is -1.84. The predicted molar refractivity (Wildman–Crippen MR) is 73.3 cm³/mol. The third-order valence-corrected chi connectivity index (χ3v) is 3.59. The van der Waals surface area contributed by atoms with Crippen molar-refractivity contribution in [3.05, 3.63) is 41.0 Å². The standard InChI is InChI=1S/C14H16BNO2/c1-8-9(2)14(18)16(13(8)17)10(3)11-4-6-12(15)7-5-11/h4-7,10H,15H2,1-3H3. The van der Waals surface area contributed by atoms with E-state index in [4.69, 9.17) is 0 Å². The number of rotatable bonds is 2. The van der Waals surface area contributed by atoms with Crippen molar-refractivity contribution < 1.29 is 9.59 Å². The normalized spacial score (nSPS) is 17.6. The van der Waals surface area contributed by atoms with E-state index in [-0.39, 0.29) is 17.9 Å². The lowest BCUT2D eigenvalue weighted by atomic mass is 9.94. The van der Waals surface area contributed by atoms with Gasteiger partial charge in [0.05, 0.1) is 6.04 Å². The lowest BCUT2D eigenvalue weighted by molar-refractivity contribution is -0.140. The Morgan fingerprint density at radius 3 is 1.89 bits per heavy atom. The topological polar surface area (TPSA) is 37.4 Å². The van der Waals surface area contributed by atoms with Crippen LogP contribution >= 0.6 is 0 Å². The van der Waals surface area contributed by atoms with Crippen molar-refractivity contribution in [2.75, 3.05) is 0 Å². The second kappa shape index (κ2) is 4.44. The summed E-state index contributed by atoms with van der Waals surface area (Å²) in [6.07, 6.45) is 0. The molecule has 1 heterocycles. The van der Waals surface area contributed by atoms with E-state index >= 15 is 0 Å². The highest BCUT2D eigenvalue weighted by Gasteiger charge is 2.36. The van der Waals surface area contributed by atoms with Crippen LogP contribution < -0.4 is 5.46 Å². The Labute approximate surface area is 108 Å². The molecule has 1 aromatic rings. The van der Waals surface area contributed by atoms with Crippen LogP contribution in [0.15, 0.2) is 35.4 Å². The van der Waals surface area contributed by atoms with Gasteiger partial charge in [0, 0.05) is 11.1 Å². The molecule has 0 N–H and O–H groups in total.